The van der Waals surface area contributed by atoms with Crippen LogP contribution in [0, 0.1) is 0 Å². The van der Waals surface area contributed by atoms with Crippen molar-refractivity contribution in [3.05, 3.63) is 72.6 Å². The van der Waals surface area contributed by atoms with Gasteiger partial charge in [0.15, 0.2) is 0 Å². The molecule has 4 aromatic rings. The first-order valence-electron chi connectivity index (χ1n) is 8.33. The second-order valence-electron chi connectivity index (χ2n) is 6.16. The highest BCUT2D eigenvalue weighted by Crippen LogP contribution is 2.20. The van der Waals surface area contributed by atoms with Gasteiger partial charge in [0.25, 0.3) is 5.91 Å². The van der Waals surface area contributed by atoms with E-state index in [1.165, 1.54) is 35.4 Å². The first-order valence-corrected chi connectivity index (χ1v) is 9.81. The number of aryl methyl sites for hydroxylation is 1. The van der Waals surface area contributed by atoms with E-state index < -0.39 is 9.84 Å². The number of carbonyl (C=O) groups excluding carboxylic acids is 1. The lowest BCUT2D eigenvalue weighted by Gasteiger charge is -2.07. The standard InChI is InChI=1S/C18H16N6O3S/c1-23-12-16(10-22-23)28(26,27)15-4-2-13(3-5-15)8-20-17(25)14-9-21-18-19-6-7-24(18)11-14/h2-7,9-12H,8H2,1H3,(H,20,25). The predicted octanol–water partition coefficient (Wildman–Crippen LogP) is 1.23. The van der Waals surface area contributed by atoms with Crippen molar-refractivity contribution >= 4 is 21.5 Å². The minimum atomic E-state index is -3.61. The molecule has 28 heavy (non-hydrogen) atoms. The molecule has 3 heterocycles. The molecule has 0 spiro atoms. The number of nitrogens with zero attached hydrogens (tertiary/aromatic N) is 5. The first-order chi connectivity index (χ1) is 13.4. The fourth-order valence-electron chi connectivity index (χ4n) is 2.68. The normalized spacial score (nSPS) is 11.6. The fraction of sp³-hybridized carbons (Fsp3) is 0.111. The first kappa shape index (κ1) is 17.9. The van der Waals surface area contributed by atoms with E-state index in [1.807, 2.05) is 0 Å². The second-order valence-corrected chi connectivity index (χ2v) is 8.11. The molecule has 0 radical (unpaired) electrons. The van der Waals surface area contributed by atoms with Gasteiger partial charge in [-0.15, -0.1) is 0 Å². The molecule has 0 aliphatic heterocycles. The van der Waals surface area contributed by atoms with Gasteiger partial charge in [-0.05, 0) is 17.7 Å². The molecule has 0 atom stereocenters. The number of hydrogen-bond donors (Lipinski definition) is 1. The van der Waals surface area contributed by atoms with Crippen molar-refractivity contribution in [1.29, 1.82) is 0 Å². The maximum Gasteiger partial charge on any atom is 0.254 e. The average molecular weight is 396 g/mol. The largest absolute Gasteiger partial charge is 0.348 e. The van der Waals surface area contributed by atoms with Crippen LogP contribution in [0.5, 0.6) is 0 Å². The van der Waals surface area contributed by atoms with E-state index in [1.54, 1.807) is 42.2 Å². The third kappa shape index (κ3) is 3.37. The van der Waals surface area contributed by atoms with Crippen molar-refractivity contribution in [1.82, 2.24) is 29.5 Å². The number of nitrogens with one attached hydrogen (secondary N) is 1. The van der Waals surface area contributed by atoms with Gasteiger partial charge in [-0.2, -0.15) is 5.10 Å². The average Bonchev–Trinajstić information content (AvgIpc) is 3.34. The van der Waals surface area contributed by atoms with Crippen molar-refractivity contribution in [2.45, 2.75) is 16.3 Å². The van der Waals surface area contributed by atoms with Crippen LogP contribution < -0.4 is 5.32 Å². The second kappa shape index (κ2) is 6.89. The van der Waals surface area contributed by atoms with E-state index >= 15 is 0 Å². The molecule has 10 heteroatoms. The monoisotopic (exact) mass is 396 g/mol. The van der Waals surface area contributed by atoms with E-state index in [0.717, 1.165) is 5.56 Å². The number of carbonyl (C=O) groups is 1. The van der Waals surface area contributed by atoms with E-state index in [-0.39, 0.29) is 22.2 Å². The van der Waals surface area contributed by atoms with Crippen LogP contribution >= 0.6 is 0 Å². The molecule has 0 saturated carbocycles. The molecule has 142 valence electrons. The van der Waals surface area contributed by atoms with Crippen LogP contribution in [0.3, 0.4) is 0 Å². The van der Waals surface area contributed by atoms with Crippen molar-refractivity contribution in [2.75, 3.05) is 0 Å². The van der Waals surface area contributed by atoms with Gasteiger partial charge in [-0.3, -0.25) is 13.9 Å². The minimum absolute atomic E-state index is 0.137. The lowest BCUT2D eigenvalue weighted by atomic mass is 10.2. The Morgan fingerprint density at radius 3 is 2.57 bits per heavy atom. The van der Waals surface area contributed by atoms with E-state index in [9.17, 15) is 13.2 Å². The van der Waals surface area contributed by atoms with E-state index in [4.69, 9.17) is 0 Å². The summed E-state index contributed by atoms with van der Waals surface area (Å²) < 4.78 is 28.2. The third-order valence-electron chi connectivity index (χ3n) is 4.19. The van der Waals surface area contributed by atoms with Crippen LogP contribution in [0.2, 0.25) is 0 Å². The lowest BCUT2D eigenvalue weighted by molar-refractivity contribution is 0.0950. The molecular formula is C18H16N6O3S. The Morgan fingerprint density at radius 1 is 1.07 bits per heavy atom. The highest BCUT2D eigenvalue weighted by atomic mass is 32.2. The highest BCUT2D eigenvalue weighted by molar-refractivity contribution is 7.91. The summed E-state index contributed by atoms with van der Waals surface area (Å²) in [6, 6.07) is 6.37. The van der Waals surface area contributed by atoms with Gasteiger partial charge in [-0.1, -0.05) is 12.1 Å². The Kier molecular flexibility index (Phi) is 4.40. The van der Waals surface area contributed by atoms with E-state index in [0.29, 0.717) is 11.3 Å². The Hall–Kier alpha value is -3.53. The summed E-state index contributed by atoms with van der Waals surface area (Å²) in [7, 11) is -1.95. The van der Waals surface area contributed by atoms with Crippen molar-refractivity contribution in [3.63, 3.8) is 0 Å². The fourth-order valence-corrected chi connectivity index (χ4v) is 3.92. The zero-order chi connectivity index (χ0) is 19.7. The zero-order valence-electron chi connectivity index (χ0n) is 14.8. The minimum Gasteiger partial charge on any atom is -0.348 e. The van der Waals surface area contributed by atoms with Crippen molar-refractivity contribution in [2.24, 2.45) is 7.05 Å². The van der Waals surface area contributed by atoms with Gasteiger partial charge in [0.1, 0.15) is 4.90 Å². The van der Waals surface area contributed by atoms with Crippen LogP contribution in [0.1, 0.15) is 15.9 Å². The maximum atomic E-state index is 12.6. The van der Waals surface area contributed by atoms with E-state index in [2.05, 4.69) is 20.4 Å². The Bertz CT molecular complexity index is 1260. The van der Waals surface area contributed by atoms with Gasteiger partial charge < -0.3 is 5.32 Å². The highest BCUT2D eigenvalue weighted by Gasteiger charge is 2.19. The molecule has 3 aromatic heterocycles. The summed E-state index contributed by atoms with van der Waals surface area (Å²) in [4.78, 5) is 20.7. The zero-order valence-corrected chi connectivity index (χ0v) is 15.7. The molecule has 0 saturated heterocycles. The molecule has 0 fully saturated rings. The van der Waals surface area contributed by atoms with Gasteiger partial charge in [-0.25, -0.2) is 18.4 Å². The lowest BCUT2D eigenvalue weighted by Crippen LogP contribution is -2.23. The molecule has 0 aliphatic rings. The number of fused-ring (bicyclic) bond motifs is 1. The molecular weight excluding hydrogens is 380 g/mol. The number of sulfone groups is 1. The van der Waals surface area contributed by atoms with Gasteiger partial charge >= 0.3 is 0 Å². The van der Waals surface area contributed by atoms with Gasteiger partial charge in [0, 0.05) is 44.6 Å². The van der Waals surface area contributed by atoms with Crippen LogP contribution in [0.4, 0.5) is 0 Å². The molecule has 9 nitrogen and oxygen atoms in total. The Labute approximate surface area is 160 Å². The number of rotatable bonds is 5. The summed E-state index contributed by atoms with van der Waals surface area (Å²) in [5.41, 5.74) is 1.18. The summed E-state index contributed by atoms with van der Waals surface area (Å²) >= 11 is 0. The molecule has 0 unspecified atom stereocenters. The Balaban J connectivity index is 1.45. The number of imidazole rings is 1. The number of aromatic nitrogens is 5. The van der Waals surface area contributed by atoms with Gasteiger partial charge in [0.05, 0.1) is 16.7 Å². The predicted molar refractivity (Wildman–Crippen MR) is 99.3 cm³/mol. The Morgan fingerprint density at radius 2 is 1.86 bits per heavy atom. The number of hydrogen-bond acceptors (Lipinski definition) is 6. The summed E-state index contributed by atoms with van der Waals surface area (Å²) in [6.07, 6.45) is 9.18. The topological polar surface area (TPSA) is 111 Å². The summed E-state index contributed by atoms with van der Waals surface area (Å²) in [5.74, 6) is 0.233. The van der Waals surface area contributed by atoms with Crippen LogP contribution in [0.25, 0.3) is 5.78 Å². The molecule has 0 aliphatic carbocycles. The maximum absolute atomic E-state index is 12.6. The molecule has 1 N–H and O–H groups in total. The van der Waals surface area contributed by atoms with Crippen LogP contribution in [-0.2, 0) is 23.4 Å². The SMILES string of the molecule is Cn1cc(S(=O)(=O)c2ccc(CNC(=O)c3cnc4nccn4c3)cc2)cn1. The molecule has 1 aromatic carbocycles. The third-order valence-corrected chi connectivity index (χ3v) is 5.91. The van der Waals surface area contributed by atoms with Crippen LogP contribution in [0.15, 0.2) is 71.2 Å². The molecule has 1 amide bonds. The molecule has 4 rings (SSSR count). The quantitative estimate of drug-likeness (QED) is 0.543. The van der Waals surface area contributed by atoms with Crippen molar-refractivity contribution < 1.29 is 13.2 Å². The van der Waals surface area contributed by atoms with Crippen LogP contribution in [-0.4, -0.2) is 38.5 Å². The summed E-state index contributed by atoms with van der Waals surface area (Å²) in [6.45, 7) is 0.258. The van der Waals surface area contributed by atoms with Crippen molar-refractivity contribution in [3.8, 4) is 0 Å². The summed E-state index contributed by atoms with van der Waals surface area (Å²) in [5, 5.41) is 6.69. The smallest absolute Gasteiger partial charge is 0.254 e. The molecule has 0 bridgehead atoms. The van der Waals surface area contributed by atoms with Gasteiger partial charge in [0.2, 0.25) is 15.6 Å². The number of benzene rings is 1. The number of amides is 1.